The van der Waals surface area contributed by atoms with E-state index in [9.17, 15) is 23.3 Å². The number of nitrogens with one attached hydrogen (secondary N) is 1. The molecule has 0 unspecified atom stereocenters. The number of rotatable bonds is 8. The highest BCUT2D eigenvalue weighted by atomic mass is 35.5. The van der Waals surface area contributed by atoms with Crippen LogP contribution in [0.5, 0.6) is 0 Å². The molecule has 1 fully saturated rings. The number of sulfonamides is 1. The zero-order valence-electron chi connectivity index (χ0n) is 16.9. The summed E-state index contributed by atoms with van der Waals surface area (Å²) in [5.74, 6) is -0.628. The first-order valence-corrected chi connectivity index (χ1v) is 12.0. The van der Waals surface area contributed by atoms with Crippen LogP contribution in [0.4, 0.5) is 11.4 Å². The van der Waals surface area contributed by atoms with Crippen LogP contribution in [0.1, 0.15) is 24.8 Å². The largest absolute Gasteiger partial charge is 0.324 e. The van der Waals surface area contributed by atoms with E-state index < -0.39 is 14.9 Å². The van der Waals surface area contributed by atoms with Crippen LogP contribution in [-0.2, 0) is 21.2 Å². The Morgan fingerprint density at radius 1 is 1.16 bits per heavy atom. The Kier molecular flexibility index (Phi) is 7.64. The van der Waals surface area contributed by atoms with Crippen LogP contribution in [0.15, 0.2) is 48.5 Å². The van der Waals surface area contributed by atoms with Gasteiger partial charge in [0.25, 0.3) is 5.69 Å². The number of amides is 1. The van der Waals surface area contributed by atoms with E-state index in [1.165, 1.54) is 22.5 Å². The van der Waals surface area contributed by atoms with Gasteiger partial charge in [-0.3, -0.25) is 14.9 Å². The summed E-state index contributed by atoms with van der Waals surface area (Å²) in [4.78, 5) is 22.9. The fraction of sp³-hybridized carbons (Fsp3) is 0.381. The van der Waals surface area contributed by atoms with E-state index in [2.05, 4.69) is 5.32 Å². The Bertz CT molecular complexity index is 1040. The molecule has 0 aliphatic carbocycles. The predicted octanol–water partition coefficient (Wildman–Crippen LogP) is 3.86. The smallest absolute Gasteiger partial charge is 0.271 e. The Labute approximate surface area is 186 Å². The molecule has 10 heteroatoms. The van der Waals surface area contributed by atoms with E-state index in [4.69, 9.17) is 11.6 Å². The first kappa shape index (κ1) is 23.2. The van der Waals surface area contributed by atoms with Crippen LogP contribution in [-0.4, -0.2) is 42.4 Å². The van der Waals surface area contributed by atoms with E-state index in [-0.39, 0.29) is 47.1 Å². The van der Waals surface area contributed by atoms with Crippen molar-refractivity contribution in [2.24, 2.45) is 5.92 Å². The summed E-state index contributed by atoms with van der Waals surface area (Å²) in [5.41, 5.74) is 1.11. The summed E-state index contributed by atoms with van der Waals surface area (Å²) in [7, 11) is -3.38. The highest BCUT2D eigenvalue weighted by Crippen LogP contribution is 2.28. The summed E-state index contributed by atoms with van der Waals surface area (Å²) in [6, 6.07) is 13.6. The molecular weight excluding hydrogens is 442 g/mol. The molecule has 1 aliphatic heterocycles. The normalized spacial score (nSPS) is 15.5. The summed E-state index contributed by atoms with van der Waals surface area (Å²) in [6.45, 7) is 0.544. The van der Waals surface area contributed by atoms with Crippen molar-refractivity contribution in [3.05, 3.63) is 69.2 Å². The number of non-ortho nitro benzene ring substituents is 1. The van der Waals surface area contributed by atoms with Gasteiger partial charge in [-0.25, -0.2) is 12.7 Å². The first-order valence-electron chi connectivity index (χ1n) is 10.0. The lowest BCUT2D eigenvalue weighted by molar-refractivity contribution is -0.384. The Morgan fingerprint density at radius 3 is 2.48 bits per heavy atom. The molecule has 3 rings (SSSR count). The first-order chi connectivity index (χ1) is 14.8. The molecule has 31 heavy (non-hydrogen) atoms. The van der Waals surface area contributed by atoms with Crippen molar-refractivity contribution in [2.75, 3.05) is 24.2 Å². The SMILES string of the molecule is O=C(Nc1cc([N+](=O)[O-])ccc1Cl)C1CCN(S(=O)(=O)CCCc2ccccc2)CC1. The molecule has 0 atom stereocenters. The number of benzene rings is 2. The van der Waals surface area contributed by atoms with E-state index in [1.807, 2.05) is 30.3 Å². The van der Waals surface area contributed by atoms with Crippen LogP contribution in [0.2, 0.25) is 5.02 Å². The predicted molar refractivity (Wildman–Crippen MR) is 120 cm³/mol. The maximum absolute atomic E-state index is 12.6. The quantitative estimate of drug-likeness (QED) is 0.470. The zero-order chi connectivity index (χ0) is 22.4. The summed E-state index contributed by atoms with van der Waals surface area (Å²) < 4.78 is 26.7. The molecule has 1 aliphatic rings. The molecule has 0 bridgehead atoms. The topological polar surface area (TPSA) is 110 Å². The van der Waals surface area contributed by atoms with Crippen molar-refractivity contribution in [3.63, 3.8) is 0 Å². The molecular formula is C21H24ClN3O5S. The van der Waals surface area contributed by atoms with Crippen LogP contribution < -0.4 is 5.32 Å². The van der Waals surface area contributed by atoms with E-state index >= 15 is 0 Å². The molecule has 0 saturated carbocycles. The second kappa shape index (κ2) is 10.2. The van der Waals surface area contributed by atoms with Crippen molar-refractivity contribution in [1.29, 1.82) is 0 Å². The van der Waals surface area contributed by atoms with Crippen LogP contribution in [0, 0.1) is 16.0 Å². The van der Waals surface area contributed by atoms with Gasteiger partial charge in [-0.1, -0.05) is 41.9 Å². The maximum atomic E-state index is 12.6. The number of nitro groups is 1. The number of anilines is 1. The molecule has 0 spiro atoms. The van der Waals surface area contributed by atoms with Crippen LogP contribution in [0.25, 0.3) is 0 Å². The third kappa shape index (κ3) is 6.25. The van der Waals surface area contributed by atoms with E-state index in [0.29, 0.717) is 25.7 Å². The molecule has 2 aromatic rings. The van der Waals surface area contributed by atoms with Crippen molar-refractivity contribution in [1.82, 2.24) is 4.31 Å². The molecule has 1 amide bonds. The molecule has 2 aromatic carbocycles. The van der Waals surface area contributed by atoms with Crippen molar-refractivity contribution >= 4 is 38.9 Å². The molecule has 0 radical (unpaired) electrons. The van der Waals surface area contributed by atoms with Gasteiger partial charge < -0.3 is 5.32 Å². The second-order valence-corrected chi connectivity index (χ2v) is 9.98. The average molecular weight is 466 g/mol. The fourth-order valence-corrected chi connectivity index (χ4v) is 5.29. The standard InChI is InChI=1S/C21H24ClN3O5S/c22-19-9-8-18(25(27)28)15-20(19)23-21(26)17-10-12-24(13-11-17)31(29,30)14-4-7-16-5-2-1-3-6-16/h1-3,5-6,8-9,15,17H,4,7,10-14H2,(H,23,26). The molecule has 1 saturated heterocycles. The lowest BCUT2D eigenvalue weighted by Crippen LogP contribution is -2.42. The number of aryl methyl sites for hydroxylation is 1. The summed E-state index contributed by atoms with van der Waals surface area (Å²) in [5, 5.41) is 13.8. The second-order valence-electron chi connectivity index (χ2n) is 7.49. The Hall–Kier alpha value is -2.49. The van der Waals surface area contributed by atoms with Crippen molar-refractivity contribution in [2.45, 2.75) is 25.7 Å². The fourth-order valence-electron chi connectivity index (χ4n) is 3.59. The summed E-state index contributed by atoms with van der Waals surface area (Å²) in [6.07, 6.45) is 2.01. The summed E-state index contributed by atoms with van der Waals surface area (Å²) >= 11 is 6.03. The Morgan fingerprint density at radius 2 is 1.84 bits per heavy atom. The van der Waals surface area contributed by atoms with Gasteiger partial charge in [0.15, 0.2) is 0 Å². The molecule has 1 N–H and O–H groups in total. The van der Waals surface area contributed by atoms with Gasteiger partial charge in [0.1, 0.15) is 0 Å². The minimum atomic E-state index is -3.38. The van der Waals surface area contributed by atoms with Gasteiger partial charge in [-0.05, 0) is 37.3 Å². The van der Waals surface area contributed by atoms with Gasteiger partial charge >= 0.3 is 0 Å². The van der Waals surface area contributed by atoms with Gasteiger partial charge in [0.05, 0.1) is 21.4 Å². The number of hydrogen-bond donors (Lipinski definition) is 1. The third-order valence-electron chi connectivity index (χ3n) is 5.35. The lowest BCUT2D eigenvalue weighted by atomic mass is 9.97. The number of carbonyl (C=O) groups excluding carboxylic acids is 1. The number of nitrogens with zero attached hydrogens (tertiary/aromatic N) is 2. The van der Waals surface area contributed by atoms with Crippen molar-refractivity contribution < 1.29 is 18.1 Å². The number of piperidine rings is 1. The minimum Gasteiger partial charge on any atom is -0.324 e. The van der Waals surface area contributed by atoms with Gasteiger partial charge in [0.2, 0.25) is 15.9 Å². The third-order valence-corrected chi connectivity index (χ3v) is 7.63. The average Bonchev–Trinajstić information content (AvgIpc) is 2.76. The van der Waals surface area contributed by atoms with E-state index in [0.717, 1.165) is 5.56 Å². The zero-order valence-corrected chi connectivity index (χ0v) is 18.4. The van der Waals surface area contributed by atoms with Gasteiger partial charge in [-0.2, -0.15) is 0 Å². The van der Waals surface area contributed by atoms with Crippen LogP contribution >= 0.6 is 11.6 Å². The lowest BCUT2D eigenvalue weighted by Gasteiger charge is -2.30. The monoisotopic (exact) mass is 465 g/mol. The highest BCUT2D eigenvalue weighted by molar-refractivity contribution is 7.89. The van der Waals surface area contributed by atoms with Gasteiger partial charge in [0, 0.05) is 31.1 Å². The number of hydrogen-bond acceptors (Lipinski definition) is 5. The highest BCUT2D eigenvalue weighted by Gasteiger charge is 2.31. The molecule has 8 nitrogen and oxygen atoms in total. The van der Waals surface area contributed by atoms with E-state index in [1.54, 1.807) is 0 Å². The number of carbonyl (C=O) groups is 1. The minimum absolute atomic E-state index is 0.0715. The number of halogens is 1. The Balaban J connectivity index is 1.51. The molecule has 166 valence electrons. The molecule has 1 heterocycles. The van der Waals surface area contributed by atoms with Crippen LogP contribution in [0.3, 0.4) is 0 Å². The van der Waals surface area contributed by atoms with Gasteiger partial charge in [-0.15, -0.1) is 0 Å². The number of nitro benzene ring substituents is 1. The molecule has 0 aromatic heterocycles. The van der Waals surface area contributed by atoms with Crippen molar-refractivity contribution in [3.8, 4) is 0 Å². The maximum Gasteiger partial charge on any atom is 0.271 e.